The van der Waals surface area contributed by atoms with Crippen LogP contribution in [0, 0.1) is 0 Å². The first-order valence-electron chi connectivity index (χ1n) is 11.6. The second kappa shape index (κ2) is 11.2. The lowest BCUT2D eigenvalue weighted by atomic mass is 10.0. The van der Waals surface area contributed by atoms with Gasteiger partial charge in [-0.2, -0.15) is 0 Å². The van der Waals surface area contributed by atoms with Crippen LogP contribution in [0.25, 0.3) is 21.8 Å². The molecule has 4 amide bonds. The van der Waals surface area contributed by atoms with Crippen molar-refractivity contribution in [2.24, 2.45) is 5.73 Å². The van der Waals surface area contributed by atoms with Crippen molar-refractivity contribution in [3.8, 4) is 0 Å². The Hall–Kier alpha value is -4.99. The van der Waals surface area contributed by atoms with E-state index in [2.05, 4.69) is 21.3 Å². The van der Waals surface area contributed by atoms with Crippen LogP contribution in [0.1, 0.15) is 17.3 Å². The maximum Gasteiger partial charge on any atom is 0.253 e. The minimum Gasteiger partial charge on any atom is -0.368 e. The first-order chi connectivity index (χ1) is 17.8. The van der Waals surface area contributed by atoms with E-state index in [1.807, 2.05) is 60.7 Å². The van der Waals surface area contributed by atoms with Crippen molar-refractivity contribution in [1.82, 2.24) is 20.9 Å². The fourth-order valence-corrected chi connectivity index (χ4v) is 3.76. The van der Waals surface area contributed by atoms with Gasteiger partial charge in [-0.15, -0.1) is 0 Å². The van der Waals surface area contributed by atoms with Crippen LogP contribution in [0.15, 0.2) is 72.8 Å². The normalized spacial score (nSPS) is 11.5. The van der Waals surface area contributed by atoms with E-state index in [1.165, 1.54) is 6.92 Å². The van der Waals surface area contributed by atoms with Gasteiger partial charge in [0.2, 0.25) is 17.7 Å². The molecule has 1 atom stereocenters. The fourth-order valence-electron chi connectivity index (χ4n) is 3.76. The molecule has 0 spiro atoms. The molecule has 37 heavy (non-hydrogen) atoms. The molecule has 0 radical (unpaired) electrons. The summed E-state index contributed by atoms with van der Waals surface area (Å²) >= 11 is 0. The van der Waals surface area contributed by atoms with Gasteiger partial charge in [-0.1, -0.05) is 48.5 Å². The van der Waals surface area contributed by atoms with Crippen molar-refractivity contribution in [2.75, 3.05) is 18.4 Å². The topological polar surface area (TPSA) is 155 Å². The van der Waals surface area contributed by atoms with Gasteiger partial charge in [0, 0.05) is 16.5 Å². The van der Waals surface area contributed by atoms with Crippen LogP contribution in [0.2, 0.25) is 0 Å². The number of primary amides is 1. The summed E-state index contributed by atoms with van der Waals surface area (Å²) in [6.07, 6.45) is 0. The molecule has 0 fully saturated rings. The molecule has 0 bridgehead atoms. The summed E-state index contributed by atoms with van der Waals surface area (Å²) < 4.78 is 0. The molecule has 0 saturated heterocycles. The molecule has 10 heteroatoms. The number of amides is 4. The van der Waals surface area contributed by atoms with E-state index in [0.29, 0.717) is 16.6 Å². The third-order valence-electron chi connectivity index (χ3n) is 5.66. The predicted octanol–water partition coefficient (Wildman–Crippen LogP) is 1.97. The number of nitrogens with zero attached hydrogens (tertiary/aromatic N) is 1. The number of fused-ring (bicyclic) bond motifs is 2. The van der Waals surface area contributed by atoms with Crippen molar-refractivity contribution >= 4 is 56.8 Å². The van der Waals surface area contributed by atoms with E-state index in [1.54, 1.807) is 12.1 Å². The second-order valence-corrected chi connectivity index (χ2v) is 8.35. The summed E-state index contributed by atoms with van der Waals surface area (Å²) in [5, 5.41) is 12.4. The van der Waals surface area contributed by atoms with Gasteiger partial charge < -0.3 is 27.0 Å². The maximum absolute atomic E-state index is 13.0. The summed E-state index contributed by atoms with van der Waals surface area (Å²) in [4.78, 5) is 52.8. The highest BCUT2D eigenvalue weighted by Gasteiger charge is 2.17. The lowest BCUT2D eigenvalue weighted by Gasteiger charge is -2.15. The highest BCUT2D eigenvalue weighted by Crippen LogP contribution is 2.34. The Morgan fingerprint density at radius 1 is 0.811 bits per heavy atom. The minimum atomic E-state index is -0.861. The predicted molar refractivity (Wildman–Crippen MR) is 141 cm³/mol. The summed E-state index contributed by atoms with van der Waals surface area (Å²) in [5.41, 5.74) is 8.30. The van der Waals surface area contributed by atoms with Gasteiger partial charge in [0.15, 0.2) is 0 Å². The molecule has 4 rings (SSSR count). The SMILES string of the molecule is C[C@H](NC(=O)CNC(=O)CNC(=O)c1cccc2c(Nc3ccccc3)c3ccccc3nc12)C(N)=O. The van der Waals surface area contributed by atoms with Crippen LogP contribution in [0.5, 0.6) is 0 Å². The Morgan fingerprint density at radius 3 is 2.24 bits per heavy atom. The minimum absolute atomic E-state index is 0.306. The first-order valence-corrected chi connectivity index (χ1v) is 11.6. The summed E-state index contributed by atoms with van der Waals surface area (Å²) in [5.74, 6) is -2.32. The number of para-hydroxylation sites is 3. The molecule has 3 aromatic carbocycles. The smallest absolute Gasteiger partial charge is 0.253 e. The molecular weight excluding hydrogens is 472 g/mol. The Kier molecular flexibility index (Phi) is 7.58. The molecule has 6 N–H and O–H groups in total. The lowest BCUT2D eigenvalue weighted by Crippen LogP contribution is -2.47. The summed E-state index contributed by atoms with van der Waals surface area (Å²) in [6, 6.07) is 21.8. The van der Waals surface area contributed by atoms with Crippen molar-refractivity contribution in [1.29, 1.82) is 0 Å². The van der Waals surface area contributed by atoms with Crippen LogP contribution >= 0.6 is 0 Å². The monoisotopic (exact) mass is 498 g/mol. The third kappa shape index (κ3) is 5.99. The number of hydrogen-bond donors (Lipinski definition) is 5. The maximum atomic E-state index is 13.0. The fraction of sp³-hybridized carbons (Fsp3) is 0.148. The van der Waals surface area contributed by atoms with E-state index >= 15 is 0 Å². The molecule has 1 aromatic heterocycles. The summed E-state index contributed by atoms with van der Waals surface area (Å²) in [7, 11) is 0. The third-order valence-corrected chi connectivity index (χ3v) is 5.66. The van der Waals surface area contributed by atoms with Crippen molar-refractivity contribution in [3.05, 3.63) is 78.4 Å². The number of carbonyl (C=O) groups is 4. The second-order valence-electron chi connectivity index (χ2n) is 8.35. The quantitative estimate of drug-likeness (QED) is 0.222. The molecule has 0 aliphatic rings. The molecule has 188 valence electrons. The Balaban J connectivity index is 1.52. The zero-order valence-electron chi connectivity index (χ0n) is 20.1. The van der Waals surface area contributed by atoms with E-state index in [4.69, 9.17) is 10.7 Å². The average Bonchev–Trinajstić information content (AvgIpc) is 2.90. The van der Waals surface area contributed by atoms with E-state index < -0.39 is 29.7 Å². The van der Waals surface area contributed by atoms with Gasteiger partial charge in [0.05, 0.1) is 35.4 Å². The van der Waals surface area contributed by atoms with Gasteiger partial charge in [-0.25, -0.2) is 4.98 Å². The van der Waals surface area contributed by atoms with Crippen LogP contribution < -0.4 is 27.0 Å². The number of rotatable bonds is 9. The standard InChI is InChI=1S/C27H26N6O4/c1-16(26(28)36)31-23(35)15-29-22(34)14-30-27(37)20-12-7-11-19-24(32-17-8-3-2-4-9-17)18-10-5-6-13-21(18)33-25(19)20/h2-13,16H,14-15H2,1H3,(H2,28,36)(H,29,34)(H,30,37)(H,31,35)(H,32,33)/t16-/m0/s1. The Bertz CT molecular complexity index is 1490. The number of nitrogens with two attached hydrogens (primary N) is 1. The highest BCUT2D eigenvalue weighted by molar-refractivity contribution is 6.15. The molecule has 0 aliphatic carbocycles. The van der Waals surface area contributed by atoms with Crippen molar-refractivity contribution in [3.63, 3.8) is 0 Å². The number of aromatic nitrogens is 1. The largest absolute Gasteiger partial charge is 0.368 e. The van der Waals surface area contributed by atoms with E-state index in [9.17, 15) is 19.2 Å². The number of nitrogens with one attached hydrogen (secondary N) is 4. The highest BCUT2D eigenvalue weighted by atomic mass is 16.2. The molecule has 1 heterocycles. The molecule has 0 aliphatic heterocycles. The van der Waals surface area contributed by atoms with Crippen LogP contribution in [-0.2, 0) is 14.4 Å². The van der Waals surface area contributed by atoms with E-state index in [0.717, 1.165) is 22.1 Å². The number of carbonyl (C=O) groups excluding carboxylic acids is 4. The van der Waals surface area contributed by atoms with Crippen molar-refractivity contribution in [2.45, 2.75) is 13.0 Å². The molecule has 0 saturated carbocycles. The molecule has 4 aromatic rings. The molecule has 10 nitrogen and oxygen atoms in total. The van der Waals surface area contributed by atoms with Crippen molar-refractivity contribution < 1.29 is 19.2 Å². The van der Waals surface area contributed by atoms with Crippen LogP contribution in [0.3, 0.4) is 0 Å². The van der Waals surface area contributed by atoms with Gasteiger partial charge in [0.1, 0.15) is 6.04 Å². The van der Waals surface area contributed by atoms with Gasteiger partial charge in [0.25, 0.3) is 5.91 Å². The van der Waals surface area contributed by atoms with Gasteiger partial charge in [-0.05, 0) is 31.2 Å². The lowest BCUT2D eigenvalue weighted by molar-refractivity contribution is -0.128. The number of hydrogen-bond acceptors (Lipinski definition) is 6. The van der Waals surface area contributed by atoms with E-state index in [-0.39, 0.29) is 13.1 Å². The van der Waals surface area contributed by atoms with Crippen LogP contribution in [-0.4, -0.2) is 47.7 Å². The van der Waals surface area contributed by atoms with Gasteiger partial charge in [-0.3, -0.25) is 19.2 Å². The Morgan fingerprint density at radius 2 is 1.49 bits per heavy atom. The molecular formula is C27H26N6O4. The first kappa shape index (κ1) is 25.1. The zero-order chi connectivity index (χ0) is 26.4. The van der Waals surface area contributed by atoms with Crippen LogP contribution in [0.4, 0.5) is 11.4 Å². The molecule has 0 unspecified atom stereocenters. The average molecular weight is 499 g/mol. The summed E-state index contributed by atoms with van der Waals surface area (Å²) in [6.45, 7) is 0.726. The van der Waals surface area contributed by atoms with Gasteiger partial charge >= 0.3 is 0 Å². The zero-order valence-corrected chi connectivity index (χ0v) is 20.1. The Labute approximate surface area is 212 Å². The number of benzene rings is 3. The number of pyridine rings is 1. The number of anilines is 2.